The normalized spacial score (nSPS) is 11.4. The molecular formula is C16H22CuO8. The molecule has 2 atom stereocenters. The van der Waals surface area contributed by atoms with Crippen LogP contribution in [-0.4, -0.2) is 37.1 Å². The Hall–Kier alpha value is -2.12. The van der Waals surface area contributed by atoms with E-state index < -0.39 is 35.7 Å². The van der Waals surface area contributed by atoms with Crippen molar-refractivity contribution in [3.63, 3.8) is 0 Å². The Labute approximate surface area is 157 Å². The first-order valence-electron chi connectivity index (χ1n) is 6.97. The zero-order valence-corrected chi connectivity index (χ0v) is 15.5. The van der Waals surface area contributed by atoms with E-state index in [0.29, 0.717) is 0 Å². The molecule has 0 spiro atoms. The van der Waals surface area contributed by atoms with E-state index in [1.807, 2.05) is 0 Å². The van der Waals surface area contributed by atoms with Crippen molar-refractivity contribution < 1.29 is 55.9 Å². The second kappa shape index (κ2) is 14.2. The third-order valence-corrected chi connectivity index (χ3v) is 2.43. The standard InChI is InChI=1S/2C8H12O4.Cu/c2*1-5(2)8(11)12-4-6(3)7(9)10;/h2*6H,1,4H2,2-3H3,(H,9,10);/q;;+2/p-2. The van der Waals surface area contributed by atoms with Gasteiger partial charge in [-0.3, -0.25) is 0 Å². The van der Waals surface area contributed by atoms with Crippen molar-refractivity contribution in [2.24, 2.45) is 11.8 Å². The zero-order chi connectivity index (χ0) is 19.4. The zero-order valence-electron chi connectivity index (χ0n) is 14.6. The number of aliphatic carboxylic acids is 2. The van der Waals surface area contributed by atoms with Gasteiger partial charge in [-0.05, 0) is 13.8 Å². The summed E-state index contributed by atoms with van der Waals surface area (Å²) in [7, 11) is 0. The molecule has 2 unspecified atom stereocenters. The topological polar surface area (TPSA) is 133 Å². The summed E-state index contributed by atoms with van der Waals surface area (Å²) in [6, 6.07) is 0. The number of esters is 2. The number of carbonyl (C=O) groups is 4. The summed E-state index contributed by atoms with van der Waals surface area (Å²) >= 11 is 0. The Bertz CT molecular complexity index is 466. The number of carboxylic acids is 2. The van der Waals surface area contributed by atoms with Crippen molar-refractivity contribution >= 4 is 23.9 Å². The molecule has 0 aliphatic rings. The van der Waals surface area contributed by atoms with E-state index in [0.717, 1.165) is 0 Å². The number of rotatable bonds is 8. The molecule has 9 heteroatoms. The second-order valence-electron chi connectivity index (χ2n) is 5.20. The summed E-state index contributed by atoms with van der Waals surface area (Å²) in [4.78, 5) is 41.8. The largest absolute Gasteiger partial charge is 2.00 e. The number of hydrogen-bond donors (Lipinski definition) is 0. The van der Waals surface area contributed by atoms with Gasteiger partial charge >= 0.3 is 29.0 Å². The van der Waals surface area contributed by atoms with Crippen LogP contribution in [0.1, 0.15) is 27.7 Å². The monoisotopic (exact) mass is 405 g/mol. The molecule has 0 rings (SSSR count). The van der Waals surface area contributed by atoms with E-state index in [-0.39, 0.29) is 41.4 Å². The average molecular weight is 406 g/mol. The SMILES string of the molecule is C=C(C)C(=O)OCC(C)C(=O)[O-].C=C(C)C(=O)OCC(C)C(=O)[O-].[Cu+2]. The van der Waals surface area contributed by atoms with Gasteiger partial charge in [-0.1, -0.05) is 27.0 Å². The minimum atomic E-state index is -1.23. The fourth-order valence-corrected chi connectivity index (χ4v) is 0.784. The molecule has 0 bridgehead atoms. The van der Waals surface area contributed by atoms with Crippen molar-refractivity contribution in [2.75, 3.05) is 13.2 Å². The predicted octanol–water partition coefficient (Wildman–Crippen LogP) is -1.02. The molecule has 145 valence electrons. The molecule has 1 radical (unpaired) electrons. The van der Waals surface area contributed by atoms with E-state index in [4.69, 9.17) is 0 Å². The summed E-state index contributed by atoms with van der Waals surface area (Å²) in [6.45, 7) is 12.1. The molecule has 25 heavy (non-hydrogen) atoms. The van der Waals surface area contributed by atoms with Gasteiger partial charge < -0.3 is 29.3 Å². The molecule has 0 saturated carbocycles. The number of hydrogen-bond acceptors (Lipinski definition) is 8. The summed E-state index contributed by atoms with van der Waals surface area (Å²) in [5, 5.41) is 20.3. The summed E-state index contributed by atoms with van der Waals surface area (Å²) in [5.41, 5.74) is 0.501. The minimum absolute atomic E-state index is 0. The molecule has 0 aliphatic heterocycles. The Morgan fingerprint density at radius 2 is 1.04 bits per heavy atom. The quantitative estimate of drug-likeness (QED) is 0.284. The van der Waals surface area contributed by atoms with E-state index in [9.17, 15) is 29.4 Å². The fourth-order valence-electron chi connectivity index (χ4n) is 0.784. The Balaban J connectivity index is -0.000000372. The maximum Gasteiger partial charge on any atom is 2.00 e. The summed E-state index contributed by atoms with van der Waals surface area (Å²) < 4.78 is 9.13. The number of carbonyl (C=O) groups excluding carboxylic acids is 4. The first kappa shape index (κ1) is 27.7. The molecule has 0 aromatic heterocycles. The van der Waals surface area contributed by atoms with Crippen LogP contribution in [0.2, 0.25) is 0 Å². The molecule has 8 nitrogen and oxygen atoms in total. The molecule has 0 saturated heterocycles. The Kier molecular flexibility index (Phi) is 15.8. The van der Waals surface area contributed by atoms with Gasteiger partial charge in [0.15, 0.2) is 0 Å². The van der Waals surface area contributed by atoms with Gasteiger partial charge in [-0.25, -0.2) is 9.59 Å². The van der Waals surface area contributed by atoms with Crippen molar-refractivity contribution in [2.45, 2.75) is 27.7 Å². The van der Waals surface area contributed by atoms with Crippen molar-refractivity contribution in [3.8, 4) is 0 Å². The minimum Gasteiger partial charge on any atom is -0.550 e. The van der Waals surface area contributed by atoms with Gasteiger partial charge in [0.2, 0.25) is 0 Å². The van der Waals surface area contributed by atoms with Crippen LogP contribution >= 0.6 is 0 Å². The molecular weight excluding hydrogens is 384 g/mol. The van der Waals surface area contributed by atoms with Gasteiger partial charge in [0, 0.05) is 34.9 Å². The third kappa shape index (κ3) is 15.2. The van der Waals surface area contributed by atoms with Crippen LogP contribution in [-0.2, 0) is 45.7 Å². The third-order valence-electron chi connectivity index (χ3n) is 2.43. The first-order chi connectivity index (χ1) is 10.9. The van der Waals surface area contributed by atoms with Gasteiger partial charge in [-0.15, -0.1) is 0 Å². The molecule has 0 heterocycles. The van der Waals surface area contributed by atoms with E-state index in [2.05, 4.69) is 22.6 Å². The number of ether oxygens (including phenoxy) is 2. The van der Waals surface area contributed by atoms with Crippen LogP contribution < -0.4 is 10.2 Å². The van der Waals surface area contributed by atoms with Gasteiger partial charge in [0.25, 0.3) is 0 Å². The van der Waals surface area contributed by atoms with Gasteiger partial charge in [0.1, 0.15) is 0 Å². The predicted molar refractivity (Wildman–Crippen MR) is 79.9 cm³/mol. The Morgan fingerprint density at radius 1 is 0.800 bits per heavy atom. The van der Waals surface area contributed by atoms with Gasteiger partial charge in [-0.2, -0.15) is 0 Å². The van der Waals surface area contributed by atoms with Crippen LogP contribution in [0, 0.1) is 11.8 Å². The van der Waals surface area contributed by atoms with E-state index in [1.54, 1.807) is 0 Å². The van der Waals surface area contributed by atoms with Crippen LogP contribution in [0.25, 0.3) is 0 Å². The van der Waals surface area contributed by atoms with E-state index in [1.165, 1.54) is 27.7 Å². The van der Waals surface area contributed by atoms with Crippen LogP contribution in [0.4, 0.5) is 0 Å². The van der Waals surface area contributed by atoms with Crippen LogP contribution in [0.15, 0.2) is 24.3 Å². The van der Waals surface area contributed by atoms with E-state index >= 15 is 0 Å². The average Bonchev–Trinajstić information content (AvgIpc) is 2.49. The summed E-state index contributed by atoms with van der Waals surface area (Å²) in [6.07, 6.45) is 0. The van der Waals surface area contributed by atoms with Crippen LogP contribution in [0.3, 0.4) is 0 Å². The van der Waals surface area contributed by atoms with Gasteiger partial charge in [0.05, 0.1) is 13.2 Å². The van der Waals surface area contributed by atoms with Crippen molar-refractivity contribution in [1.82, 2.24) is 0 Å². The molecule has 0 aromatic rings. The second-order valence-corrected chi connectivity index (χ2v) is 5.20. The van der Waals surface area contributed by atoms with Crippen LogP contribution in [0.5, 0.6) is 0 Å². The number of carboxylic acid groups (broad SMARTS) is 2. The fraction of sp³-hybridized carbons (Fsp3) is 0.500. The smallest absolute Gasteiger partial charge is 0.550 e. The molecule has 0 fully saturated rings. The van der Waals surface area contributed by atoms with Crippen molar-refractivity contribution in [3.05, 3.63) is 24.3 Å². The maximum atomic E-state index is 10.7. The molecule has 0 aliphatic carbocycles. The maximum absolute atomic E-state index is 10.7. The summed E-state index contributed by atoms with van der Waals surface area (Å²) in [5.74, 6) is -5.19. The molecule has 0 N–H and O–H groups in total. The molecule has 0 amide bonds. The van der Waals surface area contributed by atoms with Crippen molar-refractivity contribution in [1.29, 1.82) is 0 Å². The Morgan fingerprint density at radius 3 is 1.20 bits per heavy atom. The first-order valence-corrected chi connectivity index (χ1v) is 6.97. The molecule has 0 aromatic carbocycles.